The van der Waals surface area contributed by atoms with Gasteiger partial charge in [-0.3, -0.25) is 14.5 Å². The third kappa shape index (κ3) is 4.52. The first kappa shape index (κ1) is 22.4. The number of nitrogens with two attached hydrogens (primary N) is 1. The van der Waals surface area contributed by atoms with Crippen LogP contribution in [0.2, 0.25) is 0 Å². The molecule has 3 fully saturated rings. The predicted molar refractivity (Wildman–Crippen MR) is 119 cm³/mol. The lowest BCUT2D eigenvalue weighted by atomic mass is 9.91. The molecule has 0 bridgehead atoms. The molecule has 2 N–H and O–H groups in total. The van der Waals surface area contributed by atoms with E-state index in [0.29, 0.717) is 44.0 Å². The van der Waals surface area contributed by atoms with Gasteiger partial charge < -0.3 is 20.3 Å². The summed E-state index contributed by atoms with van der Waals surface area (Å²) >= 11 is 0. The van der Waals surface area contributed by atoms with E-state index >= 15 is 0 Å². The Balaban J connectivity index is 1.46. The summed E-state index contributed by atoms with van der Waals surface area (Å²) in [7, 11) is 0. The molecule has 3 atom stereocenters. The van der Waals surface area contributed by atoms with Crippen LogP contribution < -0.4 is 5.73 Å². The van der Waals surface area contributed by atoms with Crippen molar-refractivity contribution in [1.82, 2.24) is 19.7 Å². The Labute approximate surface area is 188 Å². The number of aromatic nitrogens is 1. The van der Waals surface area contributed by atoms with Crippen LogP contribution in [0.1, 0.15) is 56.8 Å². The van der Waals surface area contributed by atoms with Crippen LogP contribution in [0.4, 0.5) is 10.6 Å². The highest BCUT2D eigenvalue weighted by Gasteiger charge is 2.46. The summed E-state index contributed by atoms with van der Waals surface area (Å²) in [5.41, 5.74) is 5.53. The highest BCUT2D eigenvalue weighted by molar-refractivity contribution is 5.94. The zero-order valence-electron chi connectivity index (χ0n) is 19.1. The zero-order chi connectivity index (χ0) is 23.0. The van der Waals surface area contributed by atoms with Crippen molar-refractivity contribution in [2.45, 2.75) is 64.1 Å². The molecular formula is C23H33N5O4. The maximum absolute atomic E-state index is 13.6. The fourth-order valence-electron chi connectivity index (χ4n) is 5.09. The Hall–Kier alpha value is -2.84. The van der Waals surface area contributed by atoms with Gasteiger partial charge in [0.15, 0.2) is 0 Å². The zero-order valence-corrected chi connectivity index (χ0v) is 19.1. The molecule has 4 rings (SSSR count). The number of fused-ring (bicyclic) bond motifs is 1. The average Bonchev–Trinajstić information content (AvgIpc) is 3.39. The third-order valence-electron chi connectivity index (χ3n) is 6.55. The van der Waals surface area contributed by atoms with E-state index in [-0.39, 0.29) is 23.8 Å². The van der Waals surface area contributed by atoms with Crippen LogP contribution in [0.25, 0.3) is 0 Å². The van der Waals surface area contributed by atoms with Crippen LogP contribution in [0.5, 0.6) is 0 Å². The molecule has 0 spiro atoms. The van der Waals surface area contributed by atoms with Gasteiger partial charge in [0.05, 0.1) is 11.6 Å². The van der Waals surface area contributed by atoms with Crippen molar-refractivity contribution in [2.75, 3.05) is 31.9 Å². The van der Waals surface area contributed by atoms with E-state index in [4.69, 9.17) is 10.5 Å². The lowest BCUT2D eigenvalue weighted by Gasteiger charge is -2.39. The lowest BCUT2D eigenvalue weighted by molar-refractivity contribution is -0.140. The molecule has 1 aromatic rings. The highest BCUT2D eigenvalue weighted by Crippen LogP contribution is 2.33. The lowest BCUT2D eigenvalue weighted by Crippen LogP contribution is -2.55. The number of piperidine rings is 1. The first-order valence-corrected chi connectivity index (χ1v) is 11.4. The van der Waals surface area contributed by atoms with Gasteiger partial charge in [-0.2, -0.15) is 0 Å². The average molecular weight is 444 g/mol. The molecular weight excluding hydrogens is 410 g/mol. The summed E-state index contributed by atoms with van der Waals surface area (Å²) in [6.45, 7) is 7.79. The third-order valence-corrected chi connectivity index (χ3v) is 6.55. The van der Waals surface area contributed by atoms with Crippen LogP contribution >= 0.6 is 0 Å². The standard InChI is InChI=1S/C23H33N5O4/c1-23(2,3)32-22(31)28-11-5-7-17(28)21(30)27-10-4-6-16-13-26(14-18(16)27)20(29)15-8-9-19(24)25-12-15/h8-9,12,16-18H,4-7,10-11,13-14H2,1-3H3,(H2,24,25). The molecule has 3 amide bonds. The molecule has 0 aliphatic carbocycles. The van der Waals surface area contributed by atoms with E-state index in [1.807, 2.05) is 30.6 Å². The van der Waals surface area contributed by atoms with E-state index in [1.165, 1.54) is 6.20 Å². The fraction of sp³-hybridized carbons (Fsp3) is 0.652. The summed E-state index contributed by atoms with van der Waals surface area (Å²) in [5, 5.41) is 0. The van der Waals surface area contributed by atoms with Gasteiger partial charge in [-0.1, -0.05) is 0 Å². The number of nitrogen functional groups attached to an aromatic ring is 1. The monoisotopic (exact) mass is 443 g/mol. The van der Waals surface area contributed by atoms with Crippen molar-refractivity contribution in [3.8, 4) is 0 Å². The van der Waals surface area contributed by atoms with Gasteiger partial charge in [-0.05, 0) is 64.5 Å². The number of carbonyl (C=O) groups excluding carboxylic acids is 3. The van der Waals surface area contributed by atoms with Crippen molar-refractivity contribution in [3.05, 3.63) is 23.9 Å². The molecule has 3 aliphatic rings. The van der Waals surface area contributed by atoms with E-state index in [1.54, 1.807) is 17.0 Å². The van der Waals surface area contributed by atoms with Gasteiger partial charge in [-0.25, -0.2) is 9.78 Å². The molecule has 174 valence electrons. The molecule has 9 nitrogen and oxygen atoms in total. The summed E-state index contributed by atoms with van der Waals surface area (Å²) in [6, 6.07) is 2.79. The summed E-state index contributed by atoms with van der Waals surface area (Å²) in [5.74, 6) is 0.511. The summed E-state index contributed by atoms with van der Waals surface area (Å²) in [4.78, 5) is 48.5. The fourth-order valence-corrected chi connectivity index (χ4v) is 5.09. The SMILES string of the molecule is CC(C)(C)OC(=O)N1CCCC1C(=O)N1CCCC2CN(C(=O)c3ccc(N)nc3)CC21. The molecule has 0 radical (unpaired) electrons. The number of pyridine rings is 1. The topological polar surface area (TPSA) is 109 Å². The van der Waals surface area contributed by atoms with Gasteiger partial charge in [0.2, 0.25) is 5.91 Å². The normalized spacial score (nSPS) is 25.6. The smallest absolute Gasteiger partial charge is 0.410 e. The Kier molecular flexibility index (Phi) is 6.01. The van der Waals surface area contributed by atoms with E-state index in [2.05, 4.69) is 4.98 Å². The molecule has 3 aliphatic heterocycles. The summed E-state index contributed by atoms with van der Waals surface area (Å²) < 4.78 is 5.53. The van der Waals surface area contributed by atoms with Crippen molar-refractivity contribution in [1.29, 1.82) is 0 Å². The Morgan fingerprint density at radius 2 is 1.78 bits per heavy atom. The number of nitrogens with zero attached hydrogens (tertiary/aromatic N) is 4. The van der Waals surface area contributed by atoms with E-state index < -0.39 is 17.7 Å². The second-order valence-electron chi connectivity index (χ2n) is 10.0. The highest BCUT2D eigenvalue weighted by atomic mass is 16.6. The van der Waals surface area contributed by atoms with Crippen LogP contribution in [0.15, 0.2) is 18.3 Å². The number of ether oxygens (including phenoxy) is 1. The van der Waals surface area contributed by atoms with E-state index in [9.17, 15) is 14.4 Å². The molecule has 1 aromatic heterocycles. The summed E-state index contributed by atoms with van der Waals surface area (Å²) in [6.07, 6.45) is 4.38. The molecule has 4 heterocycles. The minimum Gasteiger partial charge on any atom is -0.444 e. The first-order valence-electron chi connectivity index (χ1n) is 11.4. The van der Waals surface area contributed by atoms with Gasteiger partial charge in [-0.15, -0.1) is 0 Å². The maximum Gasteiger partial charge on any atom is 0.410 e. The van der Waals surface area contributed by atoms with Gasteiger partial charge in [0.1, 0.15) is 17.5 Å². The molecule has 3 unspecified atom stereocenters. The largest absolute Gasteiger partial charge is 0.444 e. The molecule has 9 heteroatoms. The van der Waals surface area contributed by atoms with Gasteiger partial charge in [0, 0.05) is 32.4 Å². The number of rotatable bonds is 2. The first-order chi connectivity index (χ1) is 15.1. The second kappa shape index (κ2) is 8.60. The number of carbonyl (C=O) groups is 3. The number of likely N-dealkylation sites (tertiary alicyclic amines) is 3. The number of anilines is 1. The number of hydrogen-bond donors (Lipinski definition) is 1. The molecule has 3 saturated heterocycles. The predicted octanol–water partition coefficient (Wildman–Crippen LogP) is 2.13. The van der Waals surface area contributed by atoms with Crippen molar-refractivity contribution >= 4 is 23.7 Å². The Morgan fingerprint density at radius 1 is 1.06 bits per heavy atom. The van der Waals surface area contributed by atoms with E-state index in [0.717, 1.165) is 19.3 Å². The molecule has 0 aromatic carbocycles. The van der Waals surface area contributed by atoms with Crippen molar-refractivity contribution in [3.63, 3.8) is 0 Å². The Morgan fingerprint density at radius 3 is 2.47 bits per heavy atom. The van der Waals surface area contributed by atoms with Crippen LogP contribution in [-0.2, 0) is 9.53 Å². The quantitative estimate of drug-likeness (QED) is 0.750. The van der Waals surface area contributed by atoms with Crippen molar-refractivity contribution in [2.24, 2.45) is 5.92 Å². The molecule has 0 saturated carbocycles. The van der Waals surface area contributed by atoms with Crippen LogP contribution in [-0.4, -0.2) is 81.5 Å². The van der Waals surface area contributed by atoms with Gasteiger partial charge >= 0.3 is 6.09 Å². The van der Waals surface area contributed by atoms with Crippen LogP contribution in [0, 0.1) is 5.92 Å². The Bertz CT molecular complexity index is 881. The number of amides is 3. The minimum absolute atomic E-state index is 0.0218. The minimum atomic E-state index is -0.604. The number of hydrogen-bond acceptors (Lipinski definition) is 6. The second-order valence-corrected chi connectivity index (χ2v) is 10.0. The maximum atomic E-state index is 13.6. The molecule has 32 heavy (non-hydrogen) atoms. The van der Waals surface area contributed by atoms with Gasteiger partial charge in [0.25, 0.3) is 5.91 Å². The van der Waals surface area contributed by atoms with Crippen LogP contribution in [0.3, 0.4) is 0 Å². The van der Waals surface area contributed by atoms with Crippen molar-refractivity contribution < 1.29 is 19.1 Å².